The Bertz CT molecular complexity index is 498. The number of carbonyl (C=O) groups excluding carboxylic acids is 1. The molecule has 102 valence electrons. The van der Waals surface area contributed by atoms with Crippen LogP contribution in [0.5, 0.6) is 0 Å². The molecule has 0 heterocycles. The zero-order chi connectivity index (χ0) is 14.3. The van der Waals surface area contributed by atoms with E-state index in [4.69, 9.17) is 9.84 Å². The van der Waals surface area contributed by atoms with Crippen LogP contribution in [0.25, 0.3) is 0 Å². The monoisotopic (exact) mass is 261 g/mol. The summed E-state index contributed by atoms with van der Waals surface area (Å²) >= 11 is 0. The van der Waals surface area contributed by atoms with Gasteiger partial charge in [-0.25, -0.2) is 4.79 Å². The topological polar surface area (TPSA) is 58.6 Å². The summed E-state index contributed by atoms with van der Waals surface area (Å²) in [7, 11) is 0. The smallest absolute Gasteiger partial charge is 0.411 e. The van der Waals surface area contributed by atoms with Crippen LogP contribution in [0.3, 0.4) is 0 Å². The summed E-state index contributed by atoms with van der Waals surface area (Å²) in [5.74, 6) is 5.68. The van der Waals surface area contributed by atoms with E-state index in [0.29, 0.717) is 18.2 Å². The molecule has 1 aromatic carbocycles. The number of anilines is 1. The van der Waals surface area contributed by atoms with Gasteiger partial charge in [0, 0.05) is 11.3 Å². The molecule has 1 rings (SSSR count). The van der Waals surface area contributed by atoms with Crippen molar-refractivity contribution in [2.75, 3.05) is 18.5 Å². The van der Waals surface area contributed by atoms with Crippen LogP contribution in [-0.4, -0.2) is 24.4 Å². The van der Waals surface area contributed by atoms with Gasteiger partial charge in [-0.05, 0) is 36.6 Å². The summed E-state index contributed by atoms with van der Waals surface area (Å²) in [6.45, 7) is 6.06. The van der Waals surface area contributed by atoms with Crippen LogP contribution in [0.4, 0.5) is 10.5 Å². The van der Waals surface area contributed by atoms with Gasteiger partial charge in [-0.15, -0.1) is 0 Å². The number of rotatable bonds is 3. The van der Waals surface area contributed by atoms with Gasteiger partial charge in [0.15, 0.2) is 0 Å². The third-order valence-corrected chi connectivity index (χ3v) is 2.18. The lowest BCUT2D eigenvalue weighted by Gasteiger charge is -2.09. The Morgan fingerprint density at radius 2 is 2.16 bits per heavy atom. The van der Waals surface area contributed by atoms with E-state index in [1.165, 1.54) is 0 Å². The molecule has 19 heavy (non-hydrogen) atoms. The summed E-state index contributed by atoms with van der Waals surface area (Å²) in [6, 6.07) is 5.46. The number of amides is 1. The molecule has 0 aliphatic rings. The number of aliphatic hydroxyl groups is 1. The molecule has 0 spiro atoms. The number of hydrogen-bond donors (Lipinski definition) is 2. The lowest BCUT2D eigenvalue weighted by molar-refractivity contribution is 0.147. The molecule has 0 saturated heterocycles. The minimum absolute atomic E-state index is 0.187. The molecule has 0 unspecified atom stereocenters. The van der Waals surface area contributed by atoms with E-state index in [0.717, 1.165) is 11.1 Å². The Morgan fingerprint density at radius 1 is 1.42 bits per heavy atom. The van der Waals surface area contributed by atoms with Crippen molar-refractivity contribution in [1.29, 1.82) is 0 Å². The predicted molar refractivity (Wildman–Crippen MR) is 75.0 cm³/mol. The zero-order valence-corrected chi connectivity index (χ0v) is 11.5. The molecular formula is C15H19NO3. The van der Waals surface area contributed by atoms with Crippen LogP contribution in [0, 0.1) is 24.7 Å². The number of ether oxygens (including phenoxy) is 1. The van der Waals surface area contributed by atoms with Crippen LogP contribution < -0.4 is 5.32 Å². The zero-order valence-electron chi connectivity index (χ0n) is 11.5. The number of hydrogen-bond acceptors (Lipinski definition) is 3. The maximum Gasteiger partial charge on any atom is 0.411 e. The van der Waals surface area contributed by atoms with Crippen molar-refractivity contribution in [2.24, 2.45) is 5.92 Å². The first-order valence-electron chi connectivity index (χ1n) is 6.16. The van der Waals surface area contributed by atoms with Gasteiger partial charge in [0.1, 0.15) is 6.61 Å². The van der Waals surface area contributed by atoms with E-state index >= 15 is 0 Å². The lowest BCUT2D eigenvalue weighted by Crippen LogP contribution is -2.16. The second kappa shape index (κ2) is 7.45. The molecule has 0 fully saturated rings. The van der Waals surface area contributed by atoms with Gasteiger partial charge in [0.2, 0.25) is 0 Å². The van der Waals surface area contributed by atoms with Crippen LogP contribution in [0.2, 0.25) is 0 Å². The largest absolute Gasteiger partial charge is 0.449 e. The first-order chi connectivity index (χ1) is 9.01. The molecule has 4 heteroatoms. The summed E-state index contributed by atoms with van der Waals surface area (Å²) in [5.41, 5.74) is 2.35. The van der Waals surface area contributed by atoms with Crippen molar-refractivity contribution < 1.29 is 14.6 Å². The Kier molecular flexibility index (Phi) is 5.91. The standard InChI is InChI=1S/C15H19NO3/c1-11(2)10-19-15(18)16-14-8-12(3)7-13(9-14)5-4-6-17/h7-9,11,17H,6,10H2,1-3H3,(H,16,18). The van der Waals surface area contributed by atoms with Crippen molar-refractivity contribution in [3.05, 3.63) is 29.3 Å². The van der Waals surface area contributed by atoms with Crippen LogP contribution in [-0.2, 0) is 4.74 Å². The normalized spacial score (nSPS) is 9.74. The molecule has 0 aliphatic heterocycles. The predicted octanol–water partition coefficient (Wildman–Crippen LogP) is 2.54. The Hall–Kier alpha value is -1.99. The van der Waals surface area contributed by atoms with Gasteiger partial charge in [-0.1, -0.05) is 25.7 Å². The molecular weight excluding hydrogens is 242 g/mol. The van der Waals surface area contributed by atoms with E-state index in [1.807, 2.05) is 32.9 Å². The van der Waals surface area contributed by atoms with Crippen LogP contribution in [0.15, 0.2) is 18.2 Å². The molecule has 0 saturated carbocycles. The number of aryl methyl sites for hydroxylation is 1. The van der Waals surface area contributed by atoms with Gasteiger partial charge in [0.25, 0.3) is 0 Å². The fourth-order valence-electron chi connectivity index (χ4n) is 1.47. The Labute approximate surface area is 113 Å². The SMILES string of the molecule is Cc1cc(C#CCO)cc(NC(=O)OCC(C)C)c1. The average molecular weight is 261 g/mol. The fraction of sp³-hybridized carbons (Fsp3) is 0.400. The van der Waals surface area contributed by atoms with Gasteiger partial charge < -0.3 is 9.84 Å². The van der Waals surface area contributed by atoms with Crippen molar-refractivity contribution in [3.63, 3.8) is 0 Å². The van der Waals surface area contributed by atoms with E-state index in [-0.39, 0.29) is 6.61 Å². The fourth-order valence-corrected chi connectivity index (χ4v) is 1.47. The Balaban J connectivity index is 2.72. The van der Waals surface area contributed by atoms with Crippen molar-refractivity contribution in [2.45, 2.75) is 20.8 Å². The summed E-state index contributed by atoms with van der Waals surface area (Å²) in [4.78, 5) is 11.5. The highest BCUT2D eigenvalue weighted by Gasteiger charge is 2.05. The number of benzene rings is 1. The molecule has 0 aromatic heterocycles. The highest BCUT2D eigenvalue weighted by Crippen LogP contribution is 2.14. The third kappa shape index (κ3) is 5.94. The minimum atomic E-state index is -0.472. The van der Waals surface area contributed by atoms with Gasteiger partial charge in [0.05, 0.1) is 6.61 Å². The van der Waals surface area contributed by atoms with E-state index in [2.05, 4.69) is 17.2 Å². The third-order valence-electron chi connectivity index (χ3n) is 2.18. The summed E-state index contributed by atoms with van der Waals surface area (Å²) < 4.78 is 5.04. The van der Waals surface area contributed by atoms with Crippen molar-refractivity contribution in [3.8, 4) is 11.8 Å². The second-order valence-electron chi connectivity index (χ2n) is 4.66. The molecule has 2 N–H and O–H groups in total. The summed E-state index contributed by atoms with van der Waals surface area (Å²) in [6.07, 6.45) is -0.472. The van der Waals surface area contributed by atoms with Gasteiger partial charge in [-0.2, -0.15) is 0 Å². The lowest BCUT2D eigenvalue weighted by atomic mass is 10.1. The molecule has 0 bridgehead atoms. The first-order valence-corrected chi connectivity index (χ1v) is 6.16. The number of carbonyl (C=O) groups is 1. The number of nitrogens with one attached hydrogen (secondary N) is 1. The molecule has 4 nitrogen and oxygen atoms in total. The quantitative estimate of drug-likeness (QED) is 0.822. The Morgan fingerprint density at radius 3 is 2.79 bits per heavy atom. The average Bonchev–Trinajstić information content (AvgIpc) is 2.33. The molecule has 0 atom stereocenters. The minimum Gasteiger partial charge on any atom is -0.449 e. The second-order valence-corrected chi connectivity index (χ2v) is 4.66. The van der Waals surface area contributed by atoms with Gasteiger partial charge in [-0.3, -0.25) is 5.32 Å². The summed E-state index contributed by atoms with van der Waals surface area (Å²) in [5, 5.41) is 11.3. The van der Waals surface area contributed by atoms with Crippen LogP contribution in [0.1, 0.15) is 25.0 Å². The first kappa shape index (κ1) is 15.1. The molecule has 0 aliphatic carbocycles. The van der Waals surface area contributed by atoms with Crippen molar-refractivity contribution in [1.82, 2.24) is 0 Å². The van der Waals surface area contributed by atoms with E-state index in [9.17, 15) is 4.79 Å². The molecule has 0 radical (unpaired) electrons. The number of aliphatic hydroxyl groups excluding tert-OH is 1. The van der Waals surface area contributed by atoms with E-state index in [1.54, 1.807) is 6.07 Å². The van der Waals surface area contributed by atoms with Crippen LogP contribution >= 0.6 is 0 Å². The highest BCUT2D eigenvalue weighted by molar-refractivity contribution is 5.85. The maximum atomic E-state index is 11.5. The van der Waals surface area contributed by atoms with E-state index < -0.39 is 6.09 Å². The highest BCUT2D eigenvalue weighted by atomic mass is 16.5. The molecule has 1 aromatic rings. The van der Waals surface area contributed by atoms with Gasteiger partial charge >= 0.3 is 6.09 Å². The van der Waals surface area contributed by atoms with Crippen molar-refractivity contribution >= 4 is 11.8 Å². The maximum absolute atomic E-state index is 11.5. The molecule has 1 amide bonds.